The number of allylic oxidation sites excluding steroid dienone is 14. The van der Waals surface area contributed by atoms with Crippen LogP contribution in [0.15, 0.2) is 85.1 Å². The van der Waals surface area contributed by atoms with Gasteiger partial charge in [-0.1, -0.05) is 407 Å². The van der Waals surface area contributed by atoms with Crippen LogP contribution in [-0.4, -0.2) is 49.3 Å². The highest BCUT2D eigenvalue weighted by Crippen LogP contribution is 2.43. The summed E-state index contributed by atoms with van der Waals surface area (Å²) in [6.07, 6.45) is 112. The number of nitrogens with two attached hydrogens (primary N) is 1. The van der Waals surface area contributed by atoms with Crippen LogP contribution in [0, 0.1) is 0 Å². The number of carbonyl (C=O) groups is 2. The molecule has 0 rings (SSSR count). The van der Waals surface area contributed by atoms with Gasteiger partial charge in [0.05, 0.1) is 13.2 Å². The zero-order valence-corrected chi connectivity index (χ0v) is 65.0. The monoisotopic (exact) mass is 1380 g/mol. The lowest BCUT2D eigenvalue weighted by molar-refractivity contribution is -0.161. The van der Waals surface area contributed by atoms with E-state index in [9.17, 15) is 19.0 Å². The van der Waals surface area contributed by atoms with Crippen molar-refractivity contribution in [3.8, 4) is 0 Å². The van der Waals surface area contributed by atoms with E-state index in [4.69, 9.17) is 24.3 Å². The van der Waals surface area contributed by atoms with E-state index in [2.05, 4.69) is 98.9 Å². The number of carbonyl (C=O) groups excluding carboxylic acids is 2. The van der Waals surface area contributed by atoms with Crippen molar-refractivity contribution >= 4 is 19.8 Å². The average molecular weight is 1380 g/mol. The number of ether oxygens (including phenoxy) is 2. The summed E-state index contributed by atoms with van der Waals surface area (Å²) in [5.41, 5.74) is 5.42. The zero-order valence-electron chi connectivity index (χ0n) is 64.1. The fraction of sp³-hybridized carbons (Fsp3) is 0.816. The second-order valence-electron chi connectivity index (χ2n) is 28.3. The van der Waals surface area contributed by atoms with Crippen molar-refractivity contribution in [3.63, 3.8) is 0 Å². The van der Waals surface area contributed by atoms with Crippen LogP contribution in [0.2, 0.25) is 0 Å². The first-order valence-electron chi connectivity index (χ1n) is 42.1. The van der Waals surface area contributed by atoms with Crippen LogP contribution in [0.5, 0.6) is 0 Å². The smallest absolute Gasteiger partial charge is 0.462 e. The van der Waals surface area contributed by atoms with Crippen molar-refractivity contribution in [1.82, 2.24) is 0 Å². The minimum atomic E-state index is -4.40. The van der Waals surface area contributed by atoms with Crippen LogP contribution < -0.4 is 5.73 Å². The SMILES string of the molecule is CC/C=C\C/C=C\C/C=C\C/C=C\C/C=C\CCCCCCCCCCCCCCCCCCCCCCCCCC(=O)OC(COC(=O)CCCCCCCCCCCCCCCCCCCCCCCCCCC/C=C\C/C=C\CCCCCCC)COP(=O)(O)OCCN. The first-order chi connectivity index (χ1) is 47.8. The summed E-state index contributed by atoms with van der Waals surface area (Å²) < 4.78 is 33.3. The van der Waals surface area contributed by atoms with Crippen LogP contribution in [0.1, 0.15) is 425 Å². The molecule has 0 heterocycles. The van der Waals surface area contributed by atoms with E-state index in [-0.39, 0.29) is 38.6 Å². The predicted octanol–water partition coefficient (Wildman–Crippen LogP) is 28.4. The lowest BCUT2D eigenvalue weighted by atomic mass is 10.0. The Bertz CT molecular complexity index is 1870. The van der Waals surface area contributed by atoms with E-state index in [1.807, 2.05) is 0 Å². The van der Waals surface area contributed by atoms with Gasteiger partial charge in [-0.2, -0.15) is 0 Å². The summed E-state index contributed by atoms with van der Waals surface area (Å²) in [6, 6.07) is 0. The number of phosphoric ester groups is 1. The van der Waals surface area contributed by atoms with Crippen molar-refractivity contribution in [2.75, 3.05) is 26.4 Å². The van der Waals surface area contributed by atoms with Gasteiger partial charge in [0.15, 0.2) is 6.10 Å². The third kappa shape index (κ3) is 82.0. The van der Waals surface area contributed by atoms with E-state index in [1.165, 1.54) is 321 Å². The number of unbranched alkanes of at least 4 members (excludes halogenated alkanes) is 53. The number of hydrogen-bond donors (Lipinski definition) is 2. The predicted molar refractivity (Wildman–Crippen MR) is 422 cm³/mol. The zero-order chi connectivity index (χ0) is 70.0. The highest BCUT2D eigenvalue weighted by molar-refractivity contribution is 7.47. The molecule has 3 N–H and O–H groups in total. The maximum atomic E-state index is 12.8. The molecule has 0 radical (unpaired) electrons. The van der Waals surface area contributed by atoms with E-state index in [1.54, 1.807) is 0 Å². The topological polar surface area (TPSA) is 134 Å². The molecule has 9 nitrogen and oxygen atoms in total. The summed E-state index contributed by atoms with van der Waals surface area (Å²) in [4.78, 5) is 35.5. The molecule has 0 aromatic carbocycles. The molecule has 0 aliphatic heterocycles. The van der Waals surface area contributed by atoms with Gasteiger partial charge in [-0.05, 0) is 89.9 Å². The van der Waals surface area contributed by atoms with Crippen molar-refractivity contribution in [3.05, 3.63) is 85.1 Å². The molecule has 2 atom stereocenters. The van der Waals surface area contributed by atoms with E-state index in [0.717, 1.165) is 70.6 Å². The number of esters is 2. The Morgan fingerprint density at radius 2 is 0.567 bits per heavy atom. The third-order valence-corrected chi connectivity index (χ3v) is 19.7. The van der Waals surface area contributed by atoms with E-state index in [0.29, 0.717) is 6.42 Å². The van der Waals surface area contributed by atoms with Crippen LogP contribution in [-0.2, 0) is 32.7 Å². The molecule has 0 saturated heterocycles. The lowest BCUT2D eigenvalue weighted by Crippen LogP contribution is -2.29. The van der Waals surface area contributed by atoms with Crippen LogP contribution in [0.4, 0.5) is 0 Å². The standard InChI is InChI=1S/C87H160NO8P/c1-3-5-7-9-11-13-15-17-19-21-23-25-27-29-31-33-35-37-39-41-42-44-46-48-50-52-54-56-58-60-62-64-66-68-70-72-74-76-78-80-87(90)96-85(84-95-97(91,92)94-82-81-88)83-93-86(89)79-77-75-73-71-69-67-65-63-61-59-57-55-53-51-49-47-45-43-40-38-36-34-32-30-28-26-24-22-20-18-16-14-12-10-8-6-4-2/h5,7,11,13,16-19,22-25,29,31,85H,3-4,6,8-10,12,14-15,20-21,26-28,30,32-84,88H2,1-2H3,(H,91,92)/b7-5-,13-11-,18-16-,19-17-,24-22-,25-23-,31-29-. The fourth-order valence-corrected chi connectivity index (χ4v) is 13.3. The molecule has 0 aromatic rings. The molecule has 2 unspecified atom stereocenters. The van der Waals surface area contributed by atoms with Crippen LogP contribution in [0.25, 0.3) is 0 Å². The summed E-state index contributed by atoms with van der Waals surface area (Å²) in [5.74, 6) is -0.804. The van der Waals surface area contributed by atoms with Gasteiger partial charge in [-0.15, -0.1) is 0 Å². The van der Waals surface area contributed by atoms with Gasteiger partial charge in [0.2, 0.25) is 0 Å². The summed E-state index contributed by atoms with van der Waals surface area (Å²) in [7, 11) is -4.40. The second kappa shape index (κ2) is 82.1. The van der Waals surface area contributed by atoms with Gasteiger partial charge in [0.1, 0.15) is 6.61 Å². The Labute approximate surface area is 602 Å². The van der Waals surface area contributed by atoms with Crippen molar-refractivity contribution in [1.29, 1.82) is 0 Å². The van der Waals surface area contributed by atoms with Gasteiger partial charge in [0, 0.05) is 19.4 Å². The minimum Gasteiger partial charge on any atom is -0.462 e. The Hall–Kier alpha value is -2.81. The van der Waals surface area contributed by atoms with E-state index >= 15 is 0 Å². The average Bonchev–Trinajstić information content (AvgIpc) is 2.88. The van der Waals surface area contributed by atoms with Crippen molar-refractivity contribution < 1.29 is 37.6 Å². The maximum Gasteiger partial charge on any atom is 0.472 e. The van der Waals surface area contributed by atoms with Gasteiger partial charge >= 0.3 is 19.8 Å². The minimum absolute atomic E-state index is 0.0548. The molecule has 97 heavy (non-hydrogen) atoms. The van der Waals surface area contributed by atoms with Crippen molar-refractivity contribution in [2.45, 2.75) is 431 Å². The van der Waals surface area contributed by atoms with Gasteiger partial charge in [-0.25, -0.2) is 4.57 Å². The quantitative estimate of drug-likeness (QED) is 0.0264. The Balaban J connectivity index is 3.74. The van der Waals surface area contributed by atoms with Gasteiger partial charge in [0.25, 0.3) is 0 Å². The normalized spacial score (nSPS) is 13.2. The molecular formula is C87H160NO8P. The fourth-order valence-electron chi connectivity index (χ4n) is 12.6. The van der Waals surface area contributed by atoms with Gasteiger partial charge in [-0.3, -0.25) is 18.6 Å². The number of phosphoric acid groups is 1. The molecule has 0 aliphatic carbocycles. The largest absolute Gasteiger partial charge is 0.472 e. The molecule has 566 valence electrons. The molecule has 0 spiro atoms. The molecule has 0 saturated carbocycles. The molecule has 0 aliphatic rings. The molecule has 0 bridgehead atoms. The second-order valence-corrected chi connectivity index (χ2v) is 29.8. The van der Waals surface area contributed by atoms with Crippen molar-refractivity contribution in [2.24, 2.45) is 5.73 Å². The lowest BCUT2D eigenvalue weighted by Gasteiger charge is -2.19. The molecule has 0 fully saturated rings. The van der Waals surface area contributed by atoms with Gasteiger partial charge < -0.3 is 20.1 Å². The number of hydrogen-bond acceptors (Lipinski definition) is 8. The first kappa shape index (κ1) is 94.2. The summed E-state index contributed by atoms with van der Waals surface area (Å²) in [5, 5.41) is 0. The first-order valence-corrected chi connectivity index (χ1v) is 43.6. The molecule has 10 heteroatoms. The third-order valence-electron chi connectivity index (χ3n) is 18.8. The highest BCUT2D eigenvalue weighted by Gasteiger charge is 2.26. The van der Waals surface area contributed by atoms with E-state index < -0.39 is 26.5 Å². The Morgan fingerprint density at radius 3 is 0.845 bits per heavy atom. The highest BCUT2D eigenvalue weighted by atomic mass is 31.2. The van der Waals surface area contributed by atoms with Crippen LogP contribution in [0.3, 0.4) is 0 Å². The Kier molecular flexibility index (Phi) is 79.8. The summed E-state index contributed by atoms with van der Waals surface area (Å²) >= 11 is 0. The number of rotatable bonds is 80. The summed E-state index contributed by atoms with van der Waals surface area (Å²) in [6.45, 7) is 3.69. The molecule has 0 amide bonds. The maximum absolute atomic E-state index is 12.8. The Morgan fingerprint density at radius 1 is 0.320 bits per heavy atom. The molecule has 0 aromatic heterocycles. The molecular weight excluding hydrogens is 1220 g/mol. The van der Waals surface area contributed by atoms with Crippen LogP contribution >= 0.6 is 7.82 Å².